The molecule has 0 bridgehead atoms. The first-order chi connectivity index (χ1) is 10.6. The molecule has 116 valence electrons. The first-order valence-corrected chi connectivity index (χ1v) is 7.62. The minimum absolute atomic E-state index is 0.368. The fraction of sp³-hybridized carbons (Fsp3) is 0.316. The van der Waals surface area contributed by atoms with Crippen LogP contribution in [0.5, 0.6) is 11.5 Å². The monoisotopic (exact) mass is 298 g/mol. The zero-order chi connectivity index (χ0) is 15.9. The predicted molar refractivity (Wildman–Crippen MR) is 87.7 cm³/mol. The Balaban J connectivity index is 2.07. The van der Waals surface area contributed by atoms with Gasteiger partial charge in [0, 0.05) is 0 Å². The second kappa shape index (κ2) is 7.64. The Morgan fingerprint density at radius 2 is 1.91 bits per heavy atom. The topological polar surface area (TPSA) is 35.5 Å². The van der Waals surface area contributed by atoms with Crippen LogP contribution in [-0.2, 0) is 0 Å². The van der Waals surface area contributed by atoms with Crippen LogP contribution in [0.4, 0.5) is 0 Å². The molecule has 0 heterocycles. The maximum Gasteiger partial charge on any atom is 0.343 e. The summed E-state index contributed by atoms with van der Waals surface area (Å²) >= 11 is 0. The van der Waals surface area contributed by atoms with Crippen molar-refractivity contribution in [3.63, 3.8) is 0 Å². The highest BCUT2D eigenvalue weighted by molar-refractivity contribution is 5.91. The van der Waals surface area contributed by atoms with Crippen molar-refractivity contribution in [2.24, 2.45) is 0 Å². The maximum atomic E-state index is 12.3. The molecule has 0 radical (unpaired) electrons. The standard InChI is InChI=1S/C19H22O3/c1-4-5-11-21-17-8-6-7-16(13-17)19(20)22-18-10-9-14(2)12-15(18)3/h6-10,12-13H,4-5,11H2,1-3H3. The summed E-state index contributed by atoms with van der Waals surface area (Å²) in [5.74, 6) is 0.921. The van der Waals surface area contributed by atoms with E-state index < -0.39 is 0 Å². The fourth-order valence-corrected chi connectivity index (χ4v) is 2.12. The van der Waals surface area contributed by atoms with E-state index in [1.54, 1.807) is 18.2 Å². The van der Waals surface area contributed by atoms with Crippen LogP contribution in [-0.4, -0.2) is 12.6 Å². The molecule has 0 unspecified atom stereocenters. The Morgan fingerprint density at radius 1 is 1.09 bits per heavy atom. The van der Waals surface area contributed by atoms with Crippen molar-refractivity contribution in [3.8, 4) is 11.5 Å². The van der Waals surface area contributed by atoms with E-state index in [0.717, 1.165) is 24.0 Å². The number of rotatable bonds is 6. The van der Waals surface area contributed by atoms with Crippen LogP contribution in [0.15, 0.2) is 42.5 Å². The minimum Gasteiger partial charge on any atom is -0.494 e. The van der Waals surface area contributed by atoms with Gasteiger partial charge in [-0.1, -0.05) is 37.1 Å². The average molecular weight is 298 g/mol. The molecule has 0 spiro atoms. The SMILES string of the molecule is CCCCOc1cccc(C(=O)Oc2ccc(C)cc2C)c1. The van der Waals surface area contributed by atoms with Crippen molar-refractivity contribution in [1.82, 2.24) is 0 Å². The van der Waals surface area contributed by atoms with Gasteiger partial charge in [0.15, 0.2) is 0 Å². The predicted octanol–water partition coefficient (Wildman–Crippen LogP) is 4.70. The molecule has 0 aliphatic heterocycles. The van der Waals surface area contributed by atoms with Crippen LogP contribution in [0.1, 0.15) is 41.3 Å². The van der Waals surface area contributed by atoms with Crippen molar-refractivity contribution in [2.75, 3.05) is 6.61 Å². The van der Waals surface area contributed by atoms with Crippen LogP contribution in [0.2, 0.25) is 0 Å². The summed E-state index contributed by atoms with van der Waals surface area (Å²) < 4.78 is 11.1. The summed E-state index contributed by atoms with van der Waals surface area (Å²) in [6, 6.07) is 12.9. The number of aryl methyl sites for hydroxylation is 2. The van der Waals surface area contributed by atoms with Gasteiger partial charge in [-0.05, 0) is 50.1 Å². The van der Waals surface area contributed by atoms with Gasteiger partial charge in [0.25, 0.3) is 0 Å². The third-order valence-electron chi connectivity index (χ3n) is 3.37. The third kappa shape index (κ3) is 4.35. The van der Waals surface area contributed by atoms with E-state index in [1.165, 1.54) is 0 Å². The summed E-state index contributed by atoms with van der Waals surface area (Å²) in [6.45, 7) is 6.71. The first kappa shape index (κ1) is 16.1. The Bertz CT molecular complexity index is 647. The Kier molecular flexibility index (Phi) is 5.59. The van der Waals surface area contributed by atoms with Gasteiger partial charge in [-0.3, -0.25) is 0 Å². The number of hydrogen-bond donors (Lipinski definition) is 0. The number of esters is 1. The van der Waals surface area contributed by atoms with Gasteiger partial charge >= 0.3 is 5.97 Å². The smallest absolute Gasteiger partial charge is 0.343 e. The molecule has 0 aliphatic rings. The van der Waals surface area contributed by atoms with Gasteiger partial charge < -0.3 is 9.47 Å². The molecular formula is C19H22O3. The quantitative estimate of drug-likeness (QED) is 0.440. The highest BCUT2D eigenvalue weighted by Gasteiger charge is 2.11. The summed E-state index contributed by atoms with van der Waals surface area (Å²) in [6.07, 6.45) is 2.08. The Morgan fingerprint density at radius 3 is 2.64 bits per heavy atom. The third-order valence-corrected chi connectivity index (χ3v) is 3.37. The molecule has 3 heteroatoms. The summed E-state index contributed by atoms with van der Waals surface area (Å²) in [7, 11) is 0. The number of unbranched alkanes of at least 4 members (excludes halogenated alkanes) is 1. The summed E-state index contributed by atoms with van der Waals surface area (Å²) in [5.41, 5.74) is 2.58. The summed E-state index contributed by atoms with van der Waals surface area (Å²) in [4.78, 5) is 12.3. The molecule has 0 saturated heterocycles. The normalized spacial score (nSPS) is 10.3. The van der Waals surface area contributed by atoms with E-state index in [4.69, 9.17) is 9.47 Å². The lowest BCUT2D eigenvalue weighted by molar-refractivity contribution is 0.0733. The molecule has 0 aromatic heterocycles. The van der Waals surface area contributed by atoms with Crippen LogP contribution in [0.25, 0.3) is 0 Å². The largest absolute Gasteiger partial charge is 0.494 e. The highest BCUT2D eigenvalue weighted by Crippen LogP contribution is 2.21. The van der Waals surface area contributed by atoms with Crippen molar-refractivity contribution in [1.29, 1.82) is 0 Å². The molecule has 0 aliphatic carbocycles. The maximum absolute atomic E-state index is 12.3. The van der Waals surface area contributed by atoms with Gasteiger partial charge in [0.2, 0.25) is 0 Å². The highest BCUT2D eigenvalue weighted by atomic mass is 16.5. The number of carbonyl (C=O) groups excluding carboxylic acids is 1. The molecule has 22 heavy (non-hydrogen) atoms. The second-order valence-corrected chi connectivity index (χ2v) is 5.39. The summed E-state index contributed by atoms with van der Waals surface area (Å²) in [5, 5.41) is 0. The number of carbonyl (C=O) groups is 1. The van der Waals surface area contributed by atoms with Crippen molar-refractivity contribution in [2.45, 2.75) is 33.6 Å². The molecule has 2 aromatic carbocycles. The first-order valence-electron chi connectivity index (χ1n) is 7.62. The number of ether oxygens (including phenoxy) is 2. The van der Waals surface area contributed by atoms with Crippen molar-refractivity contribution in [3.05, 3.63) is 59.2 Å². The average Bonchev–Trinajstić information content (AvgIpc) is 2.50. The minimum atomic E-state index is -0.368. The second-order valence-electron chi connectivity index (χ2n) is 5.39. The van der Waals surface area contributed by atoms with E-state index in [1.807, 2.05) is 38.1 Å². The molecule has 0 saturated carbocycles. The molecule has 0 N–H and O–H groups in total. The number of hydrogen-bond acceptors (Lipinski definition) is 3. The molecule has 2 rings (SSSR count). The van der Waals surface area contributed by atoms with Crippen LogP contribution in [0.3, 0.4) is 0 Å². The zero-order valence-electron chi connectivity index (χ0n) is 13.4. The van der Waals surface area contributed by atoms with Gasteiger partial charge in [-0.25, -0.2) is 4.79 Å². The fourth-order valence-electron chi connectivity index (χ4n) is 2.12. The zero-order valence-corrected chi connectivity index (χ0v) is 13.4. The molecule has 0 fully saturated rings. The van der Waals surface area contributed by atoms with Gasteiger partial charge in [0.05, 0.1) is 12.2 Å². The van der Waals surface area contributed by atoms with E-state index in [-0.39, 0.29) is 5.97 Å². The van der Waals surface area contributed by atoms with E-state index >= 15 is 0 Å². The Hall–Kier alpha value is -2.29. The molecule has 0 atom stereocenters. The van der Waals surface area contributed by atoms with Crippen LogP contribution >= 0.6 is 0 Å². The van der Waals surface area contributed by atoms with E-state index in [2.05, 4.69) is 6.92 Å². The van der Waals surface area contributed by atoms with Crippen LogP contribution < -0.4 is 9.47 Å². The van der Waals surface area contributed by atoms with E-state index in [9.17, 15) is 4.79 Å². The molecular weight excluding hydrogens is 276 g/mol. The molecule has 2 aromatic rings. The molecule has 0 amide bonds. The van der Waals surface area contributed by atoms with Crippen molar-refractivity contribution < 1.29 is 14.3 Å². The van der Waals surface area contributed by atoms with Crippen LogP contribution in [0, 0.1) is 13.8 Å². The lowest BCUT2D eigenvalue weighted by Crippen LogP contribution is -2.09. The van der Waals surface area contributed by atoms with Gasteiger partial charge in [-0.15, -0.1) is 0 Å². The van der Waals surface area contributed by atoms with Gasteiger partial charge in [-0.2, -0.15) is 0 Å². The lowest BCUT2D eigenvalue weighted by atomic mass is 10.1. The lowest BCUT2D eigenvalue weighted by Gasteiger charge is -2.09. The number of benzene rings is 2. The van der Waals surface area contributed by atoms with E-state index in [0.29, 0.717) is 23.7 Å². The molecule has 3 nitrogen and oxygen atoms in total. The Labute approximate surface area is 131 Å². The van der Waals surface area contributed by atoms with Crippen molar-refractivity contribution >= 4 is 5.97 Å². The van der Waals surface area contributed by atoms with Gasteiger partial charge in [0.1, 0.15) is 11.5 Å².